The summed E-state index contributed by atoms with van der Waals surface area (Å²) in [6.07, 6.45) is -5.01. The lowest BCUT2D eigenvalue weighted by Crippen LogP contribution is -2.40. The van der Waals surface area contributed by atoms with Crippen LogP contribution in [0.1, 0.15) is 18.4 Å². The third-order valence-electron chi connectivity index (χ3n) is 3.30. The molecule has 20 heavy (non-hydrogen) atoms. The number of anilines is 1. The van der Waals surface area contributed by atoms with Gasteiger partial charge in [-0.25, -0.2) is 4.39 Å². The minimum Gasteiger partial charge on any atom is -0.397 e. The van der Waals surface area contributed by atoms with Crippen molar-refractivity contribution in [3.63, 3.8) is 0 Å². The van der Waals surface area contributed by atoms with Crippen molar-refractivity contribution in [2.45, 2.75) is 25.6 Å². The predicted octanol–water partition coefficient (Wildman–Crippen LogP) is 3.02. The second-order valence-corrected chi connectivity index (χ2v) is 5.12. The van der Waals surface area contributed by atoms with Crippen molar-refractivity contribution in [2.24, 2.45) is 5.41 Å². The van der Waals surface area contributed by atoms with Crippen molar-refractivity contribution in [2.75, 3.05) is 5.73 Å². The van der Waals surface area contributed by atoms with Crippen molar-refractivity contribution in [3.8, 4) is 0 Å². The van der Waals surface area contributed by atoms with E-state index in [1.165, 1.54) is 6.07 Å². The summed E-state index contributed by atoms with van der Waals surface area (Å²) in [4.78, 5) is 11.6. The summed E-state index contributed by atoms with van der Waals surface area (Å²) < 4.78 is 51.4. The number of carbonyl (C=O) groups is 1. The van der Waals surface area contributed by atoms with E-state index in [4.69, 9.17) is 17.3 Å². The highest BCUT2D eigenvalue weighted by atomic mass is 35.5. The van der Waals surface area contributed by atoms with Crippen molar-refractivity contribution in [1.82, 2.24) is 5.32 Å². The Morgan fingerprint density at radius 1 is 1.40 bits per heavy atom. The maximum absolute atomic E-state index is 13.3. The molecule has 1 saturated carbocycles. The van der Waals surface area contributed by atoms with Gasteiger partial charge in [-0.1, -0.05) is 11.6 Å². The van der Waals surface area contributed by atoms with Gasteiger partial charge < -0.3 is 11.1 Å². The first-order valence-corrected chi connectivity index (χ1v) is 6.13. The summed E-state index contributed by atoms with van der Waals surface area (Å²) >= 11 is 5.52. The largest absolute Gasteiger partial charge is 0.403 e. The van der Waals surface area contributed by atoms with E-state index >= 15 is 0 Å². The minimum atomic E-state index is -4.57. The maximum atomic E-state index is 13.3. The lowest BCUT2D eigenvalue weighted by Gasteiger charge is -2.18. The molecule has 0 spiro atoms. The quantitative estimate of drug-likeness (QED) is 0.666. The molecular weight excluding hydrogens is 300 g/mol. The van der Waals surface area contributed by atoms with Crippen LogP contribution in [0.3, 0.4) is 0 Å². The van der Waals surface area contributed by atoms with E-state index in [0.717, 1.165) is 6.07 Å². The molecule has 2 rings (SSSR count). The maximum Gasteiger partial charge on any atom is 0.403 e. The molecule has 1 aliphatic rings. The molecule has 8 heteroatoms. The topological polar surface area (TPSA) is 55.1 Å². The lowest BCUT2D eigenvalue weighted by molar-refractivity contribution is -0.192. The Morgan fingerprint density at radius 2 is 2.00 bits per heavy atom. The van der Waals surface area contributed by atoms with Crippen molar-refractivity contribution in [3.05, 3.63) is 28.5 Å². The molecule has 3 nitrogen and oxygen atoms in total. The third-order valence-corrected chi connectivity index (χ3v) is 3.70. The molecule has 1 aliphatic carbocycles. The molecule has 0 radical (unpaired) electrons. The Kier molecular flexibility index (Phi) is 3.58. The number of hydrogen-bond donors (Lipinski definition) is 2. The number of hydrogen-bond acceptors (Lipinski definition) is 2. The normalized spacial score (nSPS) is 16.9. The molecule has 110 valence electrons. The molecule has 0 aliphatic heterocycles. The molecular formula is C12H11ClF4N2O. The Balaban J connectivity index is 2.05. The number of nitrogens with two attached hydrogens (primary N) is 1. The van der Waals surface area contributed by atoms with E-state index in [1.54, 1.807) is 0 Å². The molecule has 1 fully saturated rings. The van der Waals surface area contributed by atoms with E-state index < -0.39 is 23.3 Å². The summed E-state index contributed by atoms with van der Waals surface area (Å²) in [7, 11) is 0. The van der Waals surface area contributed by atoms with Crippen LogP contribution < -0.4 is 11.1 Å². The SMILES string of the molecule is Nc1cc(CNC(=O)C2(C(F)(F)F)CC2)cc(F)c1Cl. The van der Waals surface area contributed by atoms with Crippen molar-refractivity contribution >= 4 is 23.2 Å². The van der Waals surface area contributed by atoms with Gasteiger partial charge in [-0.2, -0.15) is 13.2 Å². The van der Waals surface area contributed by atoms with Crippen LogP contribution in [0, 0.1) is 11.2 Å². The van der Waals surface area contributed by atoms with Crippen LogP contribution >= 0.6 is 11.6 Å². The number of halogens is 5. The van der Waals surface area contributed by atoms with Gasteiger partial charge in [-0.05, 0) is 30.5 Å². The third kappa shape index (κ3) is 2.54. The van der Waals surface area contributed by atoms with Gasteiger partial charge in [0.25, 0.3) is 0 Å². The van der Waals surface area contributed by atoms with Gasteiger partial charge >= 0.3 is 6.18 Å². The van der Waals surface area contributed by atoms with Gasteiger partial charge in [0.05, 0.1) is 10.7 Å². The predicted molar refractivity (Wildman–Crippen MR) is 65.4 cm³/mol. The highest BCUT2D eigenvalue weighted by molar-refractivity contribution is 6.33. The van der Waals surface area contributed by atoms with Crippen molar-refractivity contribution < 1.29 is 22.4 Å². The Morgan fingerprint density at radius 3 is 2.45 bits per heavy atom. The fourth-order valence-electron chi connectivity index (χ4n) is 1.89. The highest BCUT2D eigenvalue weighted by Gasteiger charge is 2.68. The van der Waals surface area contributed by atoms with Crippen LogP contribution in [0.2, 0.25) is 5.02 Å². The van der Waals surface area contributed by atoms with Crippen molar-refractivity contribution in [1.29, 1.82) is 0 Å². The van der Waals surface area contributed by atoms with Crippen LogP contribution in [-0.2, 0) is 11.3 Å². The summed E-state index contributed by atoms with van der Waals surface area (Å²) in [5.74, 6) is -1.88. The average molecular weight is 311 g/mol. The molecule has 1 aromatic carbocycles. The van der Waals surface area contributed by atoms with Gasteiger partial charge in [0.15, 0.2) is 0 Å². The van der Waals surface area contributed by atoms with Crippen LogP contribution in [0.25, 0.3) is 0 Å². The van der Waals surface area contributed by atoms with Crippen LogP contribution in [0.15, 0.2) is 12.1 Å². The molecule has 0 aromatic heterocycles. The second-order valence-electron chi connectivity index (χ2n) is 4.74. The smallest absolute Gasteiger partial charge is 0.397 e. The van der Waals surface area contributed by atoms with Crippen LogP contribution in [-0.4, -0.2) is 12.1 Å². The molecule has 3 N–H and O–H groups in total. The van der Waals surface area contributed by atoms with Gasteiger partial charge in [-0.15, -0.1) is 0 Å². The van der Waals surface area contributed by atoms with Gasteiger partial charge in [0, 0.05) is 6.54 Å². The number of benzene rings is 1. The van der Waals surface area contributed by atoms with E-state index in [0.29, 0.717) is 0 Å². The Hall–Kier alpha value is -1.50. The molecule has 0 saturated heterocycles. The Labute approximate surface area is 117 Å². The molecule has 0 unspecified atom stereocenters. The minimum absolute atomic E-state index is 0.0344. The number of nitrogens with one attached hydrogen (secondary N) is 1. The van der Waals surface area contributed by atoms with Crippen LogP contribution in [0.4, 0.5) is 23.2 Å². The standard InChI is InChI=1S/C12H11ClF4N2O/c13-9-7(14)3-6(4-8(9)18)5-19-10(20)11(1-2-11)12(15,16)17/h3-4H,1-2,5,18H2,(H,19,20). The molecule has 0 heterocycles. The fourth-order valence-corrected chi connectivity index (χ4v) is 2.00. The summed E-state index contributed by atoms with van der Waals surface area (Å²) in [5.41, 5.74) is 3.35. The van der Waals surface area contributed by atoms with E-state index in [2.05, 4.69) is 5.32 Å². The van der Waals surface area contributed by atoms with Crippen LogP contribution in [0.5, 0.6) is 0 Å². The zero-order valence-electron chi connectivity index (χ0n) is 10.2. The zero-order chi connectivity index (χ0) is 15.1. The van der Waals surface area contributed by atoms with E-state index in [1.807, 2.05) is 0 Å². The molecule has 0 atom stereocenters. The first kappa shape index (κ1) is 14.9. The first-order valence-electron chi connectivity index (χ1n) is 5.76. The van der Waals surface area contributed by atoms with Gasteiger partial charge in [-0.3, -0.25) is 4.79 Å². The van der Waals surface area contributed by atoms with E-state index in [9.17, 15) is 22.4 Å². The average Bonchev–Trinajstić information content (AvgIpc) is 3.13. The Bertz CT molecular complexity index is 532. The summed E-state index contributed by atoms with van der Waals surface area (Å²) in [5, 5.41) is 1.90. The number of carbonyl (C=O) groups excluding carboxylic acids is 1. The van der Waals surface area contributed by atoms with Gasteiger partial charge in [0.1, 0.15) is 11.2 Å². The summed E-state index contributed by atoms with van der Waals surface area (Å²) in [6, 6.07) is 2.32. The molecule has 1 amide bonds. The number of alkyl halides is 3. The van der Waals surface area contributed by atoms with E-state index in [-0.39, 0.29) is 35.7 Å². The second kappa shape index (κ2) is 4.80. The highest BCUT2D eigenvalue weighted by Crippen LogP contribution is 2.57. The van der Waals surface area contributed by atoms with Gasteiger partial charge in [0.2, 0.25) is 5.91 Å². The molecule has 1 aromatic rings. The monoisotopic (exact) mass is 310 g/mol. The zero-order valence-corrected chi connectivity index (χ0v) is 10.9. The molecule has 0 bridgehead atoms. The first-order chi connectivity index (χ1) is 9.17. The number of rotatable bonds is 3. The summed E-state index contributed by atoms with van der Waals surface area (Å²) in [6.45, 7) is -0.241. The number of nitrogen functional groups attached to an aromatic ring is 1. The fraction of sp³-hybridized carbons (Fsp3) is 0.417. The lowest BCUT2D eigenvalue weighted by atomic mass is 10.1. The number of amides is 1.